The van der Waals surface area contributed by atoms with Crippen molar-refractivity contribution >= 4 is 23.8 Å². The Kier molecular flexibility index (Phi) is 6.07. The molecule has 0 saturated heterocycles. The van der Waals surface area contributed by atoms with E-state index in [4.69, 9.17) is 0 Å². The zero-order chi connectivity index (χ0) is 22.5. The molecular weight excluding hydrogens is 406 g/mol. The third-order valence-electron chi connectivity index (χ3n) is 5.25. The van der Waals surface area contributed by atoms with E-state index in [0.717, 1.165) is 10.5 Å². The van der Waals surface area contributed by atoms with Crippen LogP contribution in [0.15, 0.2) is 84.9 Å². The first-order valence-corrected chi connectivity index (χ1v) is 10.2. The summed E-state index contributed by atoms with van der Waals surface area (Å²) in [6.07, 6.45) is -0.242. The van der Waals surface area contributed by atoms with Crippen LogP contribution in [-0.4, -0.2) is 28.7 Å². The number of carbonyl (C=O) groups excluding carboxylic acids is 4. The number of imide groups is 2. The molecule has 0 fully saturated rings. The molecular formula is C25H21N3O4. The van der Waals surface area contributed by atoms with Crippen molar-refractivity contribution in [3.05, 3.63) is 107 Å². The molecule has 1 atom stereocenters. The highest BCUT2D eigenvalue weighted by molar-refractivity contribution is 6.21. The third kappa shape index (κ3) is 4.41. The van der Waals surface area contributed by atoms with Gasteiger partial charge in [-0.3, -0.25) is 24.6 Å². The zero-order valence-electron chi connectivity index (χ0n) is 17.2. The predicted molar refractivity (Wildman–Crippen MR) is 118 cm³/mol. The van der Waals surface area contributed by atoms with Crippen molar-refractivity contribution < 1.29 is 19.2 Å². The van der Waals surface area contributed by atoms with Gasteiger partial charge in [-0.1, -0.05) is 72.8 Å². The van der Waals surface area contributed by atoms with Crippen molar-refractivity contribution in [3.63, 3.8) is 0 Å². The molecule has 1 aliphatic heterocycles. The van der Waals surface area contributed by atoms with Gasteiger partial charge in [-0.2, -0.15) is 0 Å². The second-order valence-corrected chi connectivity index (χ2v) is 7.37. The molecule has 5 amide bonds. The van der Waals surface area contributed by atoms with E-state index in [-0.39, 0.29) is 13.0 Å². The van der Waals surface area contributed by atoms with Gasteiger partial charge < -0.3 is 5.32 Å². The molecule has 7 heteroatoms. The van der Waals surface area contributed by atoms with Crippen molar-refractivity contribution in [1.29, 1.82) is 0 Å². The maximum Gasteiger partial charge on any atom is 0.321 e. The van der Waals surface area contributed by atoms with Crippen molar-refractivity contribution in [3.8, 4) is 0 Å². The van der Waals surface area contributed by atoms with Gasteiger partial charge in [0.25, 0.3) is 11.8 Å². The lowest BCUT2D eigenvalue weighted by atomic mass is 10.0. The number of hydrogen-bond donors (Lipinski definition) is 2. The minimum absolute atomic E-state index is 0.242. The van der Waals surface area contributed by atoms with E-state index in [9.17, 15) is 19.2 Å². The van der Waals surface area contributed by atoms with E-state index in [1.165, 1.54) is 0 Å². The molecule has 0 spiro atoms. The fraction of sp³-hybridized carbons (Fsp3) is 0.120. The summed E-state index contributed by atoms with van der Waals surface area (Å²) in [6.45, 7) is 0.264. The molecule has 3 aromatic rings. The number of urea groups is 1. The van der Waals surface area contributed by atoms with E-state index >= 15 is 0 Å². The summed E-state index contributed by atoms with van der Waals surface area (Å²) in [5.41, 5.74) is 2.13. The van der Waals surface area contributed by atoms with E-state index in [0.29, 0.717) is 16.7 Å². The highest BCUT2D eigenvalue weighted by atomic mass is 16.2. The second kappa shape index (κ2) is 9.26. The number of hydrogen-bond acceptors (Lipinski definition) is 4. The standard InChI is InChI=1S/C25H21N3O4/c29-22(27-25(32)26-16-17-9-3-1-4-10-17)15-21(18-11-5-2-6-12-18)28-23(30)19-13-7-8-14-20(19)24(28)31/h1-14,21H,15-16H2,(H2,26,27,29,32). The van der Waals surface area contributed by atoms with Crippen LogP contribution in [0.2, 0.25) is 0 Å². The molecule has 160 valence electrons. The van der Waals surface area contributed by atoms with Gasteiger partial charge in [0.2, 0.25) is 5.91 Å². The van der Waals surface area contributed by atoms with Gasteiger partial charge >= 0.3 is 6.03 Å². The molecule has 2 N–H and O–H groups in total. The Balaban J connectivity index is 1.49. The minimum atomic E-state index is -0.842. The first kappa shape index (κ1) is 21.0. The van der Waals surface area contributed by atoms with E-state index < -0.39 is 29.8 Å². The van der Waals surface area contributed by atoms with Crippen LogP contribution in [0.25, 0.3) is 0 Å². The van der Waals surface area contributed by atoms with E-state index in [1.807, 2.05) is 30.3 Å². The van der Waals surface area contributed by atoms with Crippen LogP contribution in [0, 0.1) is 0 Å². The van der Waals surface area contributed by atoms with Crippen molar-refractivity contribution in [2.24, 2.45) is 0 Å². The Morgan fingerprint density at radius 3 is 1.88 bits per heavy atom. The molecule has 0 saturated carbocycles. The number of nitrogens with one attached hydrogen (secondary N) is 2. The number of nitrogens with zero attached hydrogens (tertiary/aromatic N) is 1. The Morgan fingerprint density at radius 2 is 1.28 bits per heavy atom. The molecule has 0 radical (unpaired) electrons. The Bertz CT molecular complexity index is 1130. The highest BCUT2D eigenvalue weighted by Crippen LogP contribution is 2.33. The van der Waals surface area contributed by atoms with Gasteiger partial charge in [0, 0.05) is 6.54 Å². The smallest absolute Gasteiger partial charge is 0.321 e. The maximum absolute atomic E-state index is 13.0. The van der Waals surface area contributed by atoms with Crippen LogP contribution >= 0.6 is 0 Å². The van der Waals surface area contributed by atoms with Crippen LogP contribution < -0.4 is 10.6 Å². The Morgan fingerprint density at radius 1 is 0.750 bits per heavy atom. The summed E-state index contributed by atoms with van der Waals surface area (Å²) in [4.78, 5) is 51.9. The molecule has 32 heavy (non-hydrogen) atoms. The fourth-order valence-electron chi connectivity index (χ4n) is 3.70. The Labute approximate surface area is 185 Å². The summed E-state index contributed by atoms with van der Waals surface area (Å²) in [5, 5.41) is 4.91. The van der Waals surface area contributed by atoms with E-state index in [1.54, 1.807) is 54.6 Å². The SMILES string of the molecule is O=C(CC(c1ccccc1)N1C(=O)c2ccccc2C1=O)NC(=O)NCc1ccccc1. The minimum Gasteiger partial charge on any atom is -0.334 e. The number of benzene rings is 3. The first-order chi connectivity index (χ1) is 15.5. The molecule has 0 aliphatic carbocycles. The number of rotatable bonds is 6. The molecule has 3 aromatic carbocycles. The van der Waals surface area contributed by atoms with Gasteiger partial charge in [-0.05, 0) is 23.3 Å². The van der Waals surface area contributed by atoms with Gasteiger partial charge in [-0.15, -0.1) is 0 Å². The molecule has 0 aromatic heterocycles. The van der Waals surface area contributed by atoms with Gasteiger partial charge in [-0.25, -0.2) is 4.79 Å². The lowest BCUT2D eigenvalue weighted by molar-refractivity contribution is -0.120. The molecule has 4 rings (SSSR count). The lowest BCUT2D eigenvalue weighted by Crippen LogP contribution is -2.42. The summed E-state index contributed by atoms with van der Waals surface area (Å²) in [6, 6.07) is 23.2. The topological polar surface area (TPSA) is 95.6 Å². The lowest BCUT2D eigenvalue weighted by Gasteiger charge is -2.26. The molecule has 1 heterocycles. The molecule has 0 bridgehead atoms. The normalized spacial score (nSPS) is 13.4. The van der Waals surface area contributed by atoms with Crippen LogP contribution in [0.5, 0.6) is 0 Å². The average molecular weight is 427 g/mol. The number of amides is 5. The molecule has 1 unspecified atom stereocenters. The van der Waals surface area contributed by atoms with Crippen molar-refractivity contribution in [2.75, 3.05) is 0 Å². The average Bonchev–Trinajstić information content (AvgIpc) is 3.07. The largest absolute Gasteiger partial charge is 0.334 e. The monoisotopic (exact) mass is 427 g/mol. The van der Waals surface area contributed by atoms with Gasteiger partial charge in [0.15, 0.2) is 0 Å². The van der Waals surface area contributed by atoms with Crippen LogP contribution in [-0.2, 0) is 11.3 Å². The highest BCUT2D eigenvalue weighted by Gasteiger charge is 2.41. The van der Waals surface area contributed by atoms with Crippen LogP contribution in [0.3, 0.4) is 0 Å². The molecule has 7 nitrogen and oxygen atoms in total. The summed E-state index contributed by atoms with van der Waals surface area (Å²) in [5.74, 6) is -1.51. The zero-order valence-corrected chi connectivity index (χ0v) is 17.2. The van der Waals surface area contributed by atoms with Crippen LogP contribution in [0.1, 0.15) is 44.3 Å². The van der Waals surface area contributed by atoms with Gasteiger partial charge in [0.05, 0.1) is 23.6 Å². The Hall–Kier alpha value is -4.26. The van der Waals surface area contributed by atoms with Gasteiger partial charge in [0.1, 0.15) is 0 Å². The maximum atomic E-state index is 13.0. The first-order valence-electron chi connectivity index (χ1n) is 10.2. The quantitative estimate of drug-likeness (QED) is 0.589. The third-order valence-corrected chi connectivity index (χ3v) is 5.25. The predicted octanol–water partition coefficient (Wildman–Crippen LogP) is 3.44. The van der Waals surface area contributed by atoms with Crippen LogP contribution in [0.4, 0.5) is 4.79 Å². The number of fused-ring (bicyclic) bond motifs is 1. The molecule has 1 aliphatic rings. The number of carbonyl (C=O) groups is 4. The fourth-order valence-corrected chi connectivity index (χ4v) is 3.70. The summed E-state index contributed by atoms with van der Waals surface area (Å²) < 4.78 is 0. The second-order valence-electron chi connectivity index (χ2n) is 7.37. The summed E-state index contributed by atoms with van der Waals surface area (Å²) in [7, 11) is 0. The van der Waals surface area contributed by atoms with E-state index in [2.05, 4.69) is 10.6 Å². The summed E-state index contributed by atoms with van der Waals surface area (Å²) >= 11 is 0. The van der Waals surface area contributed by atoms with Crippen molar-refractivity contribution in [1.82, 2.24) is 15.5 Å². The van der Waals surface area contributed by atoms with Crippen molar-refractivity contribution in [2.45, 2.75) is 19.0 Å².